The van der Waals surface area contributed by atoms with Crippen LogP contribution >= 0.6 is 11.3 Å². The van der Waals surface area contributed by atoms with Crippen molar-refractivity contribution in [2.24, 2.45) is 0 Å². The molecule has 5 rings (SSSR count). The molecule has 0 radical (unpaired) electrons. The monoisotopic (exact) mass is 473 g/mol. The second-order valence-corrected chi connectivity index (χ2v) is 9.41. The van der Waals surface area contributed by atoms with Gasteiger partial charge in [0.2, 0.25) is 11.0 Å². The third-order valence-electron chi connectivity index (χ3n) is 6.07. The Kier molecular flexibility index (Phi) is 5.70. The summed E-state index contributed by atoms with van der Waals surface area (Å²) in [5, 5.41) is 16.4. The van der Waals surface area contributed by atoms with Crippen molar-refractivity contribution in [2.45, 2.75) is 33.1 Å². The van der Waals surface area contributed by atoms with Crippen LogP contribution in [0.15, 0.2) is 53.1 Å². The largest absolute Gasteiger partial charge is 0.360 e. The van der Waals surface area contributed by atoms with Gasteiger partial charge >= 0.3 is 0 Å². The van der Waals surface area contributed by atoms with Gasteiger partial charge in [-0.2, -0.15) is 0 Å². The molecule has 3 heterocycles. The molecule has 1 N–H and O–H groups in total. The number of benzene rings is 2. The minimum absolute atomic E-state index is 0.0571. The van der Waals surface area contributed by atoms with E-state index < -0.39 is 0 Å². The Labute approximate surface area is 200 Å². The second kappa shape index (κ2) is 8.83. The molecule has 1 saturated heterocycles. The van der Waals surface area contributed by atoms with Gasteiger partial charge in [-0.05, 0) is 44.0 Å². The van der Waals surface area contributed by atoms with Crippen LogP contribution in [0, 0.1) is 20.8 Å². The standard InChI is InChI=1S/C25H23N5O3S/c1-14-9-10-19(11-15(14)2)30-13-18(12-20(30)31)24-27-28-25(34-24)26-23(32)21-16(3)33-29-22(21)17-7-5-4-6-8-17/h4-11,18H,12-13H2,1-3H3,(H,26,28,32). The van der Waals surface area contributed by atoms with E-state index in [1.165, 1.54) is 16.9 Å². The van der Waals surface area contributed by atoms with Crippen molar-refractivity contribution < 1.29 is 14.1 Å². The average Bonchev–Trinajstić information content (AvgIpc) is 3.55. The molecule has 0 aliphatic carbocycles. The van der Waals surface area contributed by atoms with E-state index in [9.17, 15) is 9.59 Å². The summed E-state index contributed by atoms with van der Waals surface area (Å²) in [5.74, 6) is 0.0437. The van der Waals surface area contributed by atoms with E-state index in [2.05, 4.69) is 27.6 Å². The molecule has 2 aromatic heterocycles. The van der Waals surface area contributed by atoms with Crippen LogP contribution in [0.5, 0.6) is 0 Å². The molecule has 0 spiro atoms. The zero-order valence-corrected chi connectivity index (χ0v) is 19.8. The van der Waals surface area contributed by atoms with Crippen LogP contribution in [0.25, 0.3) is 11.3 Å². The van der Waals surface area contributed by atoms with Crippen molar-refractivity contribution in [3.63, 3.8) is 0 Å². The maximum atomic E-state index is 13.0. The fourth-order valence-corrected chi connectivity index (χ4v) is 4.89. The molecule has 2 aromatic carbocycles. The summed E-state index contributed by atoms with van der Waals surface area (Å²) >= 11 is 1.28. The predicted octanol–water partition coefficient (Wildman–Crippen LogP) is 4.89. The van der Waals surface area contributed by atoms with Gasteiger partial charge < -0.3 is 9.42 Å². The van der Waals surface area contributed by atoms with E-state index >= 15 is 0 Å². The Morgan fingerprint density at radius 2 is 1.88 bits per heavy atom. The summed E-state index contributed by atoms with van der Waals surface area (Å²) in [6, 6.07) is 15.4. The molecular weight excluding hydrogens is 450 g/mol. The van der Waals surface area contributed by atoms with Gasteiger partial charge in [-0.25, -0.2) is 0 Å². The lowest BCUT2D eigenvalue weighted by atomic mass is 10.1. The summed E-state index contributed by atoms with van der Waals surface area (Å²) in [6.07, 6.45) is 0.360. The zero-order chi connectivity index (χ0) is 23.8. The number of aryl methyl sites for hydroxylation is 3. The fourth-order valence-electron chi connectivity index (χ4n) is 4.06. The van der Waals surface area contributed by atoms with Gasteiger partial charge in [0.25, 0.3) is 5.91 Å². The topological polar surface area (TPSA) is 101 Å². The highest BCUT2D eigenvalue weighted by molar-refractivity contribution is 7.15. The SMILES string of the molecule is Cc1ccc(N2CC(c3nnc(NC(=O)c4c(-c5ccccc5)noc4C)s3)CC2=O)cc1C. The number of nitrogens with one attached hydrogen (secondary N) is 1. The van der Waals surface area contributed by atoms with E-state index in [0.717, 1.165) is 21.8 Å². The van der Waals surface area contributed by atoms with E-state index in [4.69, 9.17) is 4.52 Å². The highest BCUT2D eigenvalue weighted by Gasteiger charge is 2.34. The number of amides is 2. The smallest absolute Gasteiger partial charge is 0.263 e. The highest BCUT2D eigenvalue weighted by atomic mass is 32.1. The first kappa shape index (κ1) is 22.0. The summed E-state index contributed by atoms with van der Waals surface area (Å²) in [6.45, 7) is 6.32. The highest BCUT2D eigenvalue weighted by Crippen LogP contribution is 2.35. The molecule has 0 saturated carbocycles. The molecule has 1 unspecified atom stereocenters. The summed E-state index contributed by atoms with van der Waals surface area (Å²) < 4.78 is 5.29. The number of nitrogens with zero attached hydrogens (tertiary/aromatic N) is 4. The molecular formula is C25H23N5O3S. The van der Waals surface area contributed by atoms with Gasteiger partial charge in [-0.1, -0.05) is 52.9 Å². The Hall–Kier alpha value is -3.85. The van der Waals surface area contributed by atoms with Crippen molar-refractivity contribution in [3.8, 4) is 11.3 Å². The van der Waals surface area contributed by atoms with Crippen LogP contribution in [-0.2, 0) is 4.79 Å². The molecule has 34 heavy (non-hydrogen) atoms. The minimum atomic E-state index is -0.362. The number of carbonyl (C=O) groups excluding carboxylic acids is 2. The van der Waals surface area contributed by atoms with Crippen molar-refractivity contribution in [1.29, 1.82) is 0 Å². The number of hydrogen-bond acceptors (Lipinski definition) is 7. The number of carbonyl (C=O) groups is 2. The molecule has 0 bridgehead atoms. The minimum Gasteiger partial charge on any atom is -0.360 e. The Balaban J connectivity index is 1.32. The molecule has 172 valence electrons. The maximum absolute atomic E-state index is 13.0. The quantitative estimate of drug-likeness (QED) is 0.443. The van der Waals surface area contributed by atoms with Crippen LogP contribution in [0.2, 0.25) is 0 Å². The van der Waals surface area contributed by atoms with Gasteiger partial charge in [-0.3, -0.25) is 14.9 Å². The normalized spacial score (nSPS) is 15.7. The second-order valence-electron chi connectivity index (χ2n) is 8.40. The lowest BCUT2D eigenvalue weighted by molar-refractivity contribution is -0.117. The first-order valence-electron chi connectivity index (χ1n) is 10.9. The Morgan fingerprint density at radius 3 is 2.65 bits per heavy atom. The molecule has 1 aliphatic heterocycles. The van der Waals surface area contributed by atoms with Crippen molar-refractivity contribution in [1.82, 2.24) is 15.4 Å². The van der Waals surface area contributed by atoms with Crippen LogP contribution in [0.4, 0.5) is 10.8 Å². The molecule has 1 atom stereocenters. The molecule has 8 nitrogen and oxygen atoms in total. The fraction of sp³-hybridized carbons (Fsp3) is 0.240. The van der Waals surface area contributed by atoms with Gasteiger partial charge in [0.1, 0.15) is 22.0 Å². The number of rotatable bonds is 5. The van der Waals surface area contributed by atoms with Crippen molar-refractivity contribution in [2.75, 3.05) is 16.8 Å². The summed E-state index contributed by atoms with van der Waals surface area (Å²) in [7, 11) is 0. The van der Waals surface area contributed by atoms with E-state index in [-0.39, 0.29) is 17.7 Å². The maximum Gasteiger partial charge on any atom is 0.263 e. The van der Waals surface area contributed by atoms with Crippen LogP contribution < -0.4 is 10.2 Å². The van der Waals surface area contributed by atoms with Crippen LogP contribution in [0.1, 0.15) is 44.6 Å². The third kappa shape index (κ3) is 4.10. The van der Waals surface area contributed by atoms with E-state index in [1.807, 2.05) is 55.5 Å². The van der Waals surface area contributed by atoms with Gasteiger partial charge in [0, 0.05) is 30.1 Å². The van der Waals surface area contributed by atoms with E-state index in [1.54, 1.807) is 11.8 Å². The first-order chi connectivity index (χ1) is 16.4. The third-order valence-corrected chi connectivity index (χ3v) is 7.08. The van der Waals surface area contributed by atoms with Crippen molar-refractivity contribution >= 4 is 34.0 Å². The molecule has 1 fully saturated rings. The number of aromatic nitrogens is 3. The summed E-state index contributed by atoms with van der Waals surface area (Å²) in [4.78, 5) is 27.5. The zero-order valence-electron chi connectivity index (χ0n) is 19.0. The first-order valence-corrected chi connectivity index (χ1v) is 11.8. The summed E-state index contributed by atoms with van der Waals surface area (Å²) in [5.41, 5.74) is 4.86. The Morgan fingerprint density at radius 1 is 1.09 bits per heavy atom. The van der Waals surface area contributed by atoms with Crippen molar-refractivity contribution in [3.05, 3.63) is 76.0 Å². The van der Waals surface area contributed by atoms with Crippen LogP contribution in [0.3, 0.4) is 0 Å². The molecule has 1 aliphatic rings. The predicted molar refractivity (Wildman–Crippen MR) is 130 cm³/mol. The lowest BCUT2D eigenvalue weighted by Gasteiger charge is -2.17. The lowest BCUT2D eigenvalue weighted by Crippen LogP contribution is -2.24. The molecule has 2 amide bonds. The van der Waals surface area contributed by atoms with Gasteiger partial charge in [0.15, 0.2) is 0 Å². The Bertz CT molecular complexity index is 1380. The van der Waals surface area contributed by atoms with Crippen LogP contribution in [-0.4, -0.2) is 33.7 Å². The average molecular weight is 474 g/mol. The molecule has 9 heteroatoms. The van der Waals surface area contributed by atoms with E-state index in [0.29, 0.717) is 35.1 Å². The molecule has 4 aromatic rings. The number of anilines is 2. The van der Waals surface area contributed by atoms with Gasteiger partial charge in [0.05, 0.1) is 0 Å². The van der Waals surface area contributed by atoms with Gasteiger partial charge in [-0.15, -0.1) is 10.2 Å². The number of hydrogen-bond donors (Lipinski definition) is 1.